The fourth-order valence-corrected chi connectivity index (χ4v) is 1.51. The maximum atomic E-state index is 8.82. The normalized spacial score (nSPS) is 9.80. The zero-order valence-corrected chi connectivity index (χ0v) is 8.30. The van der Waals surface area contributed by atoms with E-state index in [9.17, 15) is 0 Å². The highest BCUT2D eigenvalue weighted by molar-refractivity contribution is 5.22. The van der Waals surface area contributed by atoms with Crippen LogP contribution in [0.2, 0.25) is 0 Å². The first-order valence-electron chi connectivity index (χ1n) is 4.84. The van der Waals surface area contributed by atoms with Crippen molar-refractivity contribution in [2.45, 2.75) is 13.0 Å². The second-order valence-corrected chi connectivity index (χ2v) is 3.30. The molecule has 0 spiro atoms. The topological polar surface area (TPSA) is 41.6 Å². The van der Waals surface area contributed by atoms with Crippen LogP contribution in [-0.2, 0) is 13.0 Å². The summed E-state index contributed by atoms with van der Waals surface area (Å²) in [6, 6.07) is 9.87. The molecule has 2 aromatic rings. The lowest BCUT2D eigenvalue weighted by Crippen LogP contribution is -2.02. The zero-order chi connectivity index (χ0) is 10.5. The van der Waals surface area contributed by atoms with E-state index in [1.54, 1.807) is 12.4 Å². The Bertz CT molecular complexity index is 465. The number of aromatic nitrogens is 2. The Hall–Kier alpha value is -2.08. The van der Waals surface area contributed by atoms with Crippen LogP contribution < -0.4 is 0 Å². The third-order valence-corrected chi connectivity index (χ3v) is 2.33. The highest BCUT2D eigenvalue weighted by Crippen LogP contribution is 2.04. The molecule has 0 N–H and O–H groups in total. The number of aryl methyl sites for hydroxylation is 2. The van der Waals surface area contributed by atoms with Crippen molar-refractivity contribution in [1.29, 1.82) is 5.26 Å². The van der Waals surface area contributed by atoms with Crippen molar-refractivity contribution >= 4 is 0 Å². The Balaban J connectivity index is 2.03. The Kier molecular flexibility index (Phi) is 2.80. The molecule has 0 amide bonds. The minimum absolute atomic E-state index is 0.712. The molecule has 3 nitrogen and oxygen atoms in total. The number of pyridine rings is 1. The molecule has 0 unspecified atom stereocenters. The molecule has 0 bridgehead atoms. The monoisotopic (exact) mass is 197 g/mol. The zero-order valence-electron chi connectivity index (χ0n) is 8.30. The first-order valence-corrected chi connectivity index (χ1v) is 4.84. The maximum Gasteiger partial charge on any atom is 0.120 e. The van der Waals surface area contributed by atoms with Crippen molar-refractivity contribution in [2.24, 2.45) is 0 Å². The van der Waals surface area contributed by atoms with Gasteiger partial charge in [0.05, 0.1) is 0 Å². The molecule has 2 heterocycles. The smallest absolute Gasteiger partial charge is 0.120 e. The van der Waals surface area contributed by atoms with Crippen LogP contribution in [0.3, 0.4) is 0 Å². The number of rotatable bonds is 3. The molecule has 0 atom stereocenters. The summed E-state index contributed by atoms with van der Waals surface area (Å²) in [6.45, 7) is 0.833. The summed E-state index contributed by atoms with van der Waals surface area (Å²) in [5, 5.41) is 8.82. The number of nitrogens with zero attached hydrogens (tertiary/aromatic N) is 3. The predicted octanol–water partition coefficient (Wildman–Crippen LogP) is 2.00. The summed E-state index contributed by atoms with van der Waals surface area (Å²) in [6.07, 6.45) is 6.43. The molecule has 0 aromatic carbocycles. The van der Waals surface area contributed by atoms with Crippen LogP contribution in [0.15, 0.2) is 42.9 Å². The van der Waals surface area contributed by atoms with Gasteiger partial charge in [0, 0.05) is 25.1 Å². The van der Waals surface area contributed by atoms with Gasteiger partial charge in [-0.15, -0.1) is 0 Å². The Morgan fingerprint density at radius 2 is 2.07 bits per heavy atom. The molecule has 0 aliphatic heterocycles. The van der Waals surface area contributed by atoms with Crippen molar-refractivity contribution in [2.75, 3.05) is 0 Å². The molecule has 0 fully saturated rings. The SMILES string of the molecule is N#Cc1cccn1CCc1ccncc1. The van der Waals surface area contributed by atoms with E-state index < -0.39 is 0 Å². The van der Waals surface area contributed by atoms with Gasteiger partial charge in [0.2, 0.25) is 0 Å². The van der Waals surface area contributed by atoms with Crippen LogP contribution in [0, 0.1) is 11.3 Å². The second-order valence-electron chi connectivity index (χ2n) is 3.30. The van der Waals surface area contributed by atoms with Crippen molar-refractivity contribution < 1.29 is 0 Å². The van der Waals surface area contributed by atoms with E-state index in [0.717, 1.165) is 13.0 Å². The highest BCUT2D eigenvalue weighted by Gasteiger charge is 1.99. The summed E-state index contributed by atoms with van der Waals surface area (Å²) in [7, 11) is 0. The van der Waals surface area contributed by atoms with E-state index in [1.165, 1.54) is 5.56 Å². The Morgan fingerprint density at radius 1 is 1.27 bits per heavy atom. The maximum absolute atomic E-state index is 8.82. The van der Waals surface area contributed by atoms with Gasteiger partial charge in [-0.2, -0.15) is 5.26 Å². The average Bonchev–Trinajstić information content (AvgIpc) is 2.75. The van der Waals surface area contributed by atoms with E-state index >= 15 is 0 Å². The molecule has 0 aliphatic rings. The Morgan fingerprint density at radius 3 is 2.80 bits per heavy atom. The Labute approximate surface area is 88.6 Å². The van der Waals surface area contributed by atoms with Gasteiger partial charge in [0.25, 0.3) is 0 Å². The van der Waals surface area contributed by atoms with Crippen LogP contribution >= 0.6 is 0 Å². The number of hydrogen-bond donors (Lipinski definition) is 0. The molecular weight excluding hydrogens is 186 g/mol. The molecule has 74 valence electrons. The average molecular weight is 197 g/mol. The quantitative estimate of drug-likeness (QED) is 0.755. The number of nitriles is 1. The van der Waals surface area contributed by atoms with Crippen LogP contribution in [-0.4, -0.2) is 9.55 Å². The van der Waals surface area contributed by atoms with E-state index in [4.69, 9.17) is 5.26 Å². The van der Waals surface area contributed by atoms with E-state index in [0.29, 0.717) is 5.69 Å². The summed E-state index contributed by atoms with van der Waals surface area (Å²) in [4.78, 5) is 3.96. The summed E-state index contributed by atoms with van der Waals surface area (Å²) < 4.78 is 1.96. The van der Waals surface area contributed by atoms with E-state index in [1.807, 2.05) is 35.0 Å². The van der Waals surface area contributed by atoms with Gasteiger partial charge < -0.3 is 4.57 Å². The molecule has 0 radical (unpaired) electrons. The summed E-state index contributed by atoms with van der Waals surface area (Å²) in [5.74, 6) is 0. The van der Waals surface area contributed by atoms with Crippen LogP contribution in [0.1, 0.15) is 11.3 Å². The summed E-state index contributed by atoms with van der Waals surface area (Å²) in [5.41, 5.74) is 1.95. The summed E-state index contributed by atoms with van der Waals surface area (Å²) >= 11 is 0. The van der Waals surface area contributed by atoms with E-state index in [2.05, 4.69) is 11.1 Å². The lowest BCUT2D eigenvalue weighted by Gasteiger charge is -2.04. The third-order valence-electron chi connectivity index (χ3n) is 2.33. The van der Waals surface area contributed by atoms with Crippen molar-refractivity contribution in [1.82, 2.24) is 9.55 Å². The van der Waals surface area contributed by atoms with Gasteiger partial charge in [0.15, 0.2) is 0 Å². The lowest BCUT2D eigenvalue weighted by molar-refractivity contribution is 0.692. The highest BCUT2D eigenvalue weighted by atomic mass is 15.0. The molecule has 0 saturated carbocycles. The molecular formula is C12H11N3. The van der Waals surface area contributed by atoms with Gasteiger partial charge >= 0.3 is 0 Å². The molecule has 0 saturated heterocycles. The van der Waals surface area contributed by atoms with Crippen LogP contribution in [0.25, 0.3) is 0 Å². The molecule has 2 rings (SSSR count). The van der Waals surface area contributed by atoms with Gasteiger partial charge in [-0.25, -0.2) is 0 Å². The lowest BCUT2D eigenvalue weighted by atomic mass is 10.2. The van der Waals surface area contributed by atoms with Crippen LogP contribution in [0.4, 0.5) is 0 Å². The first-order chi connectivity index (χ1) is 7.40. The van der Waals surface area contributed by atoms with Gasteiger partial charge in [-0.05, 0) is 36.2 Å². The van der Waals surface area contributed by atoms with Gasteiger partial charge in [-0.3, -0.25) is 4.98 Å². The van der Waals surface area contributed by atoms with Crippen molar-refractivity contribution in [3.05, 3.63) is 54.1 Å². The minimum atomic E-state index is 0.712. The number of hydrogen-bond acceptors (Lipinski definition) is 2. The molecule has 3 heteroatoms. The largest absolute Gasteiger partial charge is 0.339 e. The van der Waals surface area contributed by atoms with Crippen molar-refractivity contribution in [3.8, 4) is 6.07 Å². The van der Waals surface area contributed by atoms with Crippen molar-refractivity contribution in [3.63, 3.8) is 0 Å². The fraction of sp³-hybridized carbons (Fsp3) is 0.167. The third kappa shape index (κ3) is 2.23. The van der Waals surface area contributed by atoms with Gasteiger partial charge in [0.1, 0.15) is 11.8 Å². The predicted molar refractivity (Wildman–Crippen MR) is 57.1 cm³/mol. The first kappa shape index (κ1) is 9.47. The van der Waals surface area contributed by atoms with Crippen LogP contribution in [0.5, 0.6) is 0 Å². The molecule has 2 aromatic heterocycles. The second kappa shape index (κ2) is 4.43. The fourth-order valence-electron chi connectivity index (χ4n) is 1.51. The molecule has 0 aliphatic carbocycles. The minimum Gasteiger partial charge on any atom is -0.339 e. The standard InChI is InChI=1S/C12H11N3/c13-10-12-2-1-8-15(12)9-5-11-3-6-14-7-4-11/h1-4,6-8H,5,9H2. The molecule has 15 heavy (non-hydrogen) atoms. The van der Waals surface area contributed by atoms with Gasteiger partial charge in [-0.1, -0.05) is 0 Å². The van der Waals surface area contributed by atoms with E-state index in [-0.39, 0.29) is 0 Å².